The average molecular weight is 349 g/mol. The van der Waals surface area contributed by atoms with Crippen LogP contribution in [0.5, 0.6) is 0 Å². The van der Waals surface area contributed by atoms with E-state index in [2.05, 4.69) is 15.2 Å². The van der Waals surface area contributed by atoms with Crippen molar-refractivity contribution in [3.05, 3.63) is 33.5 Å². The number of rotatable bonds is 5. The van der Waals surface area contributed by atoms with E-state index in [4.69, 9.17) is 10.5 Å². The van der Waals surface area contributed by atoms with E-state index in [9.17, 15) is 9.59 Å². The van der Waals surface area contributed by atoms with Crippen molar-refractivity contribution in [1.82, 2.24) is 20.1 Å². The van der Waals surface area contributed by atoms with Crippen LogP contribution in [0.3, 0.4) is 0 Å². The number of likely N-dealkylation sites (tertiary alicyclic amines) is 1. The van der Waals surface area contributed by atoms with Crippen molar-refractivity contribution in [2.75, 3.05) is 20.2 Å². The number of hydrogen-bond donors (Lipinski definition) is 2. The van der Waals surface area contributed by atoms with E-state index < -0.39 is 5.91 Å². The summed E-state index contributed by atoms with van der Waals surface area (Å²) in [6.07, 6.45) is 1.81. The van der Waals surface area contributed by atoms with Crippen LogP contribution in [-0.4, -0.2) is 52.1 Å². The summed E-state index contributed by atoms with van der Waals surface area (Å²) < 4.78 is 5.04. The Bertz CT molecular complexity index is 741. The summed E-state index contributed by atoms with van der Waals surface area (Å²) in [5.41, 5.74) is 6.74. The molecule has 2 aromatic heterocycles. The van der Waals surface area contributed by atoms with Crippen molar-refractivity contribution in [2.24, 2.45) is 5.73 Å². The van der Waals surface area contributed by atoms with Crippen molar-refractivity contribution >= 4 is 23.2 Å². The van der Waals surface area contributed by atoms with E-state index >= 15 is 0 Å². The zero-order valence-electron chi connectivity index (χ0n) is 13.3. The molecule has 9 heteroatoms. The Morgan fingerprint density at radius 1 is 1.50 bits per heavy atom. The van der Waals surface area contributed by atoms with Gasteiger partial charge in [-0.15, -0.1) is 11.3 Å². The number of nitrogens with zero attached hydrogens (tertiary/aromatic N) is 3. The summed E-state index contributed by atoms with van der Waals surface area (Å²) in [6.45, 7) is 1.67. The SMILES string of the molecule is COCc1nc(C(=O)N2CCC[C@@H](c3cc(C(N)=O)n[nH]3)C2)cs1. The summed E-state index contributed by atoms with van der Waals surface area (Å²) >= 11 is 1.42. The number of ether oxygens (including phenoxy) is 1. The number of primary amides is 1. The molecule has 0 aliphatic carbocycles. The van der Waals surface area contributed by atoms with Gasteiger partial charge in [-0.1, -0.05) is 0 Å². The number of hydrogen-bond acceptors (Lipinski definition) is 6. The number of amides is 2. The van der Waals surface area contributed by atoms with E-state index in [0.29, 0.717) is 25.4 Å². The third-order valence-corrected chi connectivity index (χ3v) is 4.86. The lowest BCUT2D eigenvalue weighted by atomic mass is 9.94. The van der Waals surface area contributed by atoms with Gasteiger partial charge >= 0.3 is 0 Å². The molecule has 0 saturated carbocycles. The monoisotopic (exact) mass is 349 g/mol. The summed E-state index contributed by atoms with van der Waals surface area (Å²) in [7, 11) is 1.60. The third kappa shape index (κ3) is 3.46. The second kappa shape index (κ2) is 7.10. The van der Waals surface area contributed by atoms with Crippen LogP contribution in [0, 0.1) is 0 Å². The van der Waals surface area contributed by atoms with Gasteiger partial charge < -0.3 is 15.4 Å². The Hall–Kier alpha value is -2.26. The van der Waals surface area contributed by atoms with Crippen LogP contribution < -0.4 is 5.73 Å². The number of thiazole rings is 1. The Kier molecular flexibility index (Phi) is 4.91. The largest absolute Gasteiger partial charge is 0.378 e. The maximum atomic E-state index is 12.6. The molecule has 128 valence electrons. The zero-order valence-corrected chi connectivity index (χ0v) is 14.1. The van der Waals surface area contributed by atoms with Gasteiger partial charge in [-0.25, -0.2) is 4.98 Å². The lowest BCUT2D eigenvalue weighted by Gasteiger charge is -2.31. The lowest BCUT2D eigenvalue weighted by molar-refractivity contribution is 0.0700. The molecule has 3 N–H and O–H groups in total. The first-order valence-corrected chi connectivity index (χ1v) is 8.54. The number of H-pyrrole nitrogens is 1. The molecular formula is C15H19N5O3S. The average Bonchev–Trinajstić information content (AvgIpc) is 3.24. The summed E-state index contributed by atoms with van der Waals surface area (Å²) in [6, 6.07) is 1.67. The highest BCUT2D eigenvalue weighted by molar-refractivity contribution is 7.09. The molecule has 1 fully saturated rings. The summed E-state index contributed by atoms with van der Waals surface area (Å²) in [4.78, 5) is 29.9. The first kappa shape index (κ1) is 16.6. The standard InChI is InChI=1S/C15H19N5O3S/c1-23-7-13-17-12(8-24-13)15(22)20-4-2-3-9(6-20)10-5-11(14(16)21)19-18-10/h5,8-9H,2-4,6-7H2,1H3,(H2,16,21)(H,18,19)/t9-/m1/s1. The smallest absolute Gasteiger partial charge is 0.273 e. The fraction of sp³-hybridized carbons (Fsp3) is 0.467. The maximum Gasteiger partial charge on any atom is 0.273 e. The minimum Gasteiger partial charge on any atom is -0.378 e. The molecular weight excluding hydrogens is 330 g/mol. The van der Waals surface area contributed by atoms with Gasteiger partial charge in [0.25, 0.3) is 11.8 Å². The molecule has 0 bridgehead atoms. The molecule has 2 amide bonds. The quantitative estimate of drug-likeness (QED) is 0.840. The van der Waals surface area contributed by atoms with E-state index in [1.54, 1.807) is 23.5 Å². The highest BCUT2D eigenvalue weighted by Crippen LogP contribution is 2.27. The number of nitrogens with one attached hydrogen (secondary N) is 1. The van der Waals surface area contributed by atoms with Crippen molar-refractivity contribution in [1.29, 1.82) is 0 Å². The molecule has 3 heterocycles. The molecule has 2 aromatic rings. The Balaban J connectivity index is 1.69. The third-order valence-electron chi connectivity index (χ3n) is 4.04. The normalized spacial score (nSPS) is 17.9. The fourth-order valence-electron chi connectivity index (χ4n) is 2.85. The number of aromatic amines is 1. The highest BCUT2D eigenvalue weighted by atomic mass is 32.1. The Morgan fingerprint density at radius 3 is 3.04 bits per heavy atom. The van der Waals surface area contributed by atoms with E-state index in [1.807, 2.05) is 0 Å². The van der Waals surface area contributed by atoms with Crippen molar-refractivity contribution in [2.45, 2.75) is 25.4 Å². The van der Waals surface area contributed by atoms with Gasteiger partial charge in [0.2, 0.25) is 0 Å². The molecule has 0 radical (unpaired) electrons. The van der Waals surface area contributed by atoms with Gasteiger partial charge in [0.05, 0.1) is 6.61 Å². The van der Waals surface area contributed by atoms with Crippen LogP contribution in [0.25, 0.3) is 0 Å². The Morgan fingerprint density at radius 2 is 2.33 bits per heavy atom. The predicted octanol–water partition coefficient (Wildman–Crippen LogP) is 1.13. The van der Waals surface area contributed by atoms with Crippen molar-refractivity contribution in [3.8, 4) is 0 Å². The van der Waals surface area contributed by atoms with E-state index in [1.165, 1.54) is 11.3 Å². The predicted molar refractivity (Wildman–Crippen MR) is 87.8 cm³/mol. The van der Waals surface area contributed by atoms with Gasteiger partial charge in [-0.3, -0.25) is 14.7 Å². The van der Waals surface area contributed by atoms with E-state index in [0.717, 1.165) is 23.5 Å². The number of carbonyl (C=O) groups is 2. The van der Waals surface area contributed by atoms with Crippen LogP contribution in [0.4, 0.5) is 0 Å². The summed E-state index contributed by atoms with van der Waals surface area (Å²) in [5, 5.41) is 9.32. The molecule has 24 heavy (non-hydrogen) atoms. The van der Waals surface area contributed by atoms with Gasteiger partial charge in [-0.2, -0.15) is 5.10 Å². The van der Waals surface area contributed by atoms with Gasteiger partial charge in [0.15, 0.2) is 0 Å². The van der Waals surface area contributed by atoms with Crippen LogP contribution >= 0.6 is 11.3 Å². The summed E-state index contributed by atoms with van der Waals surface area (Å²) in [5.74, 6) is -0.525. The van der Waals surface area contributed by atoms with Gasteiger partial charge in [0, 0.05) is 37.2 Å². The van der Waals surface area contributed by atoms with Crippen LogP contribution in [-0.2, 0) is 11.3 Å². The number of carbonyl (C=O) groups excluding carboxylic acids is 2. The molecule has 0 aromatic carbocycles. The minimum atomic E-state index is -0.561. The van der Waals surface area contributed by atoms with Crippen molar-refractivity contribution in [3.63, 3.8) is 0 Å². The number of methoxy groups -OCH3 is 1. The molecule has 1 aliphatic heterocycles. The molecule has 3 rings (SSSR count). The first-order valence-electron chi connectivity index (χ1n) is 7.66. The second-order valence-electron chi connectivity index (χ2n) is 5.72. The second-order valence-corrected chi connectivity index (χ2v) is 6.67. The molecule has 1 aliphatic rings. The molecule has 0 spiro atoms. The fourth-order valence-corrected chi connectivity index (χ4v) is 3.59. The maximum absolute atomic E-state index is 12.6. The molecule has 8 nitrogen and oxygen atoms in total. The van der Waals surface area contributed by atoms with Crippen molar-refractivity contribution < 1.29 is 14.3 Å². The first-order chi connectivity index (χ1) is 11.6. The molecule has 0 unspecified atom stereocenters. The lowest BCUT2D eigenvalue weighted by Crippen LogP contribution is -2.39. The number of nitrogens with two attached hydrogens (primary N) is 1. The van der Waals surface area contributed by atoms with Crippen LogP contribution in [0.15, 0.2) is 11.4 Å². The van der Waals surface area contributed by atoms with Gasteiger partial charge in [0.1, 0.15) is 16.4 Å². The molecule has 1 atom stereocenters. The van der Waals surface area contributed by atoms with Gasteiger partial charge in [-0.05, 0) is 18.9 Å². The Labute approximate surface area is 143 Å². The van der Waals surface area contributed by atoms with E-state index in [-0.39, 0.29) is 17.5 Å². The zero-order chi connectivity index (χ0) is 17.1. The number of aromatic nitrogens is 3. The highest BCUT2D eigenvalue weighted by Gasteiger charge is 2.28. The minimum absolute atomic E-state index is 0.0760. The molecule has 1 saturated heterocycles. The van der Waals surface area contributed by atoms with Crippen LogP contribution in [0.1, 0.15) is 50.4 Å². The topological polar surface area (TPSA) is 114 Å². The number of piperidine rings is 1. The van der Waals surface area contributed by atoms with Crippen LogP contribution in [0.2, 0.25) is 0 Å².